The minimum absolute atomic E-state index is 0.129. The Morgan fingerprint density at radius 3 is 2.77 bits per heavy atom. The molecule has 0 saturated heterocycles. The minimum atomic E-state index is -0.129. The van der Waals surface area contributed by atoms with Crippen molar-refractivity contribution in [3.05, 3.63) is 63.1 Å². The number of rotatable bonds is 8. The molecular weight excluding hydrogens is 443 g/mol. The second-order valence-corrected chi connectivity index (χ2v) is 8.78. The molecule has 3 aromatic rings. The molecule has 0 unspecified atom stereocenters. The maximum atomic E-state index is 12.2. The molecule has 4 rings (SSSR count). The number of methoxy groups -OCH3 is 1. The summed E-state index contributed by atoms with van der Waals surface area (Å²) in [5.74, 6) is 1.67. The van der Waals surface area contributed by atoms with Crippen LogP contribution < -0.4 is 14.8 Å². The lowest BCUT2D eigenvalue weighted by atomic mass is 10.2. The minimum Gasteiger partial charge on any atom is -0.493 e. The van der Waals surface area contributed by atoms with Crippen molar-refractivity contribution in [3.8, 4) is 22.1 Å². The van der Waals surface area contributed by atoms with E-state index in [1.807, 2.05) is 24.3 Å². The lowest BCUT2D eigenvalue weighted by molar-refractivity contribution is 0.0947. The first kappa shape index (κ1) is 21.0. The Morgan fingerprint density at radius 2 is 2.03 bits per heavy atom. The molecule has 0 atom stereocenters. The Balaban J connectivity index is 1.46. The number of ether oxygens (including phenoxy) is 2. The number of aromatic nitrogens is 1. The fraction of sp³-hybridized carbons (Fsp3) is 0.273. The number of carbonyl (C=O) groups is 1. The van der Waals surface area contributed by atoms with Crippen LogP contribution in [0, 0.1) is 5.92 Å². The maximum absolute atomic E-state index is 12.2. The summed E-state index contributed by atoms with van der Waals surface area (Å²) >= 11 is 13.6. The SMILES string of the molecule is COc1cc(-c2nc(C(=O)NCC3CC3)cs2)ccc1OCc1ccc(Cl)cc1Cl. The first-order chi connectivity index (χ1) is 14.5. The van der Waals surface area contributed by atoms with E-state index in [-0.39, 0.29) is 12.5 Å². The second kappa shape index (κ2) is 9.25. The van der Waals surface area contributed by atoms with Gasteiger partial charge in [-0.1, -0.05) is 29.3 Å². The van der Waals surface area contributed by atoms with E-state index in [0.29, 0.717) is 33.2 Å². The summed E-state index contributed by atoms with van der Waals surface area (Å²) in [6, 6.07) is 10.9. The van der Waals surface area contributed by atoms with Gasteiger partial charge in [0, 0.05) is 33.1 Å². The zero-order chi connectivity index (χ0) is 21.1. The van der Waals surface area contributed by atoms with Crippen LogP contribution in [0.25, 0.3) is 10.6 Å². The molecule has 0 radical (unpaired) electrons. The van der Waals surface area contributed by atoms with Gasteiger partial charge in [0.05, 0.1) is 7.11 Å². The molecule has 1 saturated carbocycles. The van der Waals surface area contributed by atoms with Crippen molar-refractivity contribution in [2.24, 2.45) is 5.92 Å². The number of nitrogens with one attached hydrogen (secondary N) is 1. The molecule has 1 aromatic heterocycles. The predicted molar refractivity (Wildman–Crippen MR) is 120 cm³/mol. The van der Waals surface area contributed by atoms with E-state index in [1.54, 1.807) is 24.6 Å². The van der Waals surface area contributed by atoms with Crippen LogP contribution in [0.5, 0.6) is 11.5 Å². The van der Waals surface area contributed by atoms with E-state index in [9.17, 15) is 4.79 Å². The Bertz CT molecular complexity index is 1070. The third-order valence-electron chi connectivity index (χ3n) is 4.79. The number of amides is 1. The molecule has 1 fully saturated rings. The zero-order valence-corrected chi connectivity index (χ0v) is 18.6. The molecular formula is C22H20Cl2N2O3S. The van der Waals surface area contributed by atoms with Crippen LogP contribution in [0.4, 0.5) is 0 Å². The topological polar surface area (TPSA) is 60.5 Å². The summed E-state index contributed by atoms with van der Waals surface area (Å²) in [4.78, 5) is 16.7. The van der Waals surface area contributed by atoms with Gasteiger partial charge >= 0.3 is 0 Å². The van der Waals surface area contributed by atoms with Crippen molar-refractivity contribution < 1.29 is 14.3 Å². The van der Waals surface area contributed by atoms with Gasteiger partial charge in [-0.15, -0.1) is 11.3 Å². The van der Waals surface area contributed by atoms with Crippen molar-refractivity contribution in [3.63, 3.8) is 0 Å². The van der Waals surface area contributed by atoms with Crippen molar-refractivity contribution in [1.29, 1.82) is 0 Å². The molecule has 1 aliphatic carbocycles. The van der Waals surface area contributed by atoms with E-state index in [4.69, 9.17) is 32.7 Å². The van der Waals surface area contributed by atoms with Crippen molar-refractivity contribution in [1.82, 2.24) is 10.3 Å². The third-order valence-corrected chi connectivity index (χ3v) is 6.27. The van der Waals surface area contributed by atoms with Crippen LogP contribution in [0.2, 0.25) is 10.0 Å². The van der Waals surface area contributed by atoms with Crippen molar-refractivity contribution in [2.75, 3.05) is 13.7 Å². The maximum Gasteiger partial charge on any atom is 0.270 e. The highest BCUT2D eigenvalue weighted by molar-refractivity contribution is 7.13. The molecule has 1 heterocycles. The number of hydrogen-bond acceptors (Lipinski definition) is 5. The average molecular weight is 463 g/mol. The zero-order valence-electron chi connectivity index (χ0n) is 16.3. The highest BCUT2D eigenvalue weighted by Gasteiger charge is 2.22. The van der Waals surface area contributed by atoms with Gasteiger partial charge in [-0.05, 0) is 49.1 Å². The third kappa shape index (κ3) is 5.06. The van der Waals surface area contributed by atoms with Gasteiger partial charge in [-0.3, -0.25) is 4.79 Å². The first-order valence-corrected chi connectivity index (χ1v) is 11.2. The molecule has 0 spiro atoms. The summed E-state index contributed by atoms with van der Waals surface area (Å²) in [7, 11) is 1.58. The normalized spacial score (nSPS) is 13.2. The molecule has 5 nitrogen and oxygen atoms in total. The Labute approximate surface area is 188 Å². The molecule has 1 N–H and O–H groups in total. The van der Waals surface area contributed by atoms with Crippen molar-refractivity contribution in [2.45, 2.75) is 19.4 Å². The van der Waals surface area contributed by atoms with Crippen LogP contribution >= 0.6 is 34.5 Å². The smallest absolute Gasteiger partial charge is 0.270 e. The molecule has 0 bridgehead atoms. The van der Waals surface area contributed by atoms with Gasteiger partial charge in [0.1, 0.15) is 17.3 Å². The van der Waals surface area contributed by atoms with Gasteiger partial charge in [0.25, 0.3) is 5.91 Å². The summed E-state index contributed by atoms with van der Waals surface area (Å²) in [6.07, 6.45) is 2.39. The fourth-order valence-corrected chi connectivity index (χ4v) is 4.13. The average Bonchev–Trinajstić information content (AvgIpc) is 3.45. The van der Waals surface area contributed by atoms with E-state index in [2.05, 4.69) is 10.3 Å². The molecule has 0 aliphatic heterocycles. The number of thiazole rings is 1. The van der Waals surface area contributed by atoms with Gasteiger partial charge in [0.2, 0.25) is 0 Å². The second-order valence-electron chi connectivity index (χ2n) is 7.08. The number of halogens is 2. The molecule has 8 heteroatoms. The lowest BCUT2D eigenvalue weighted by Crippen LogP contribution is -2.25. The summed E-state index contributed by atoms with van der Waals surface area (Å²) in [5.41, 5.74) is 2.12. The Kier molecular flexibility index (Phi) is 6.46. The fourth-order valence-electron chi connectivity index (χ4n) is 2.87. The van der Waals surface area contributed by atoms with Crippen LogP contribution in [-0.4, -0.2) is 24.5 Å². The quantitative estimate of drug-likeness (QED) is 0.456. The van der Waals surface area contributed by atoms with Gasteiger partial charge in [0.15, 0.2) is 11.5 Å². The molecule has 1 amide bonds. The van der Waals surface area contributed by atoms with Gasteiger partial charge in [-0.25, -0.2) is 4.98 Å². The number of benzene rings is 2. The van der Waals surface area contributed by atoms with Crippen molar-refractivity contribution >= 4 is 40.4 Å². The van der Waals surface area contributed by atoms with E-state index in [0.717, 1.165) is 22.7 Å². The molecule has 30 heavy (non-hydrogen) atoms. The number of nitrogens with zero attached hydrogens (tertiary/aromatic N) is 1. The van der Waals surface area contributed by atoms with E-state index < -0.39 is 0 Å². The summed E-state index contributed by atoms with van der Waals surface area (Å²) in [6.45, 7) is 1.01. The number of carbonyl (C=O) groups excluding carboxylic acids is 1. The molecule has 156 valence electrons. The standard InChI is InChI=1S/C22H20Cl2N2O3S/c1-28-20-8-14(22-26-18(12-30-22)21(27)25-10-13-2-3-13)5-7-19(20)29-11-15-4-6-16(23)9-17(15)24/h4-9,12-13H,2-3,10-11H2,1H3,(H,25,27). The predicted octanol–water partition coefficient (Wildman–Crippen LogP) is 5.84. The number of hydrogen-bond donors (Lipinski definition) is 1. The molecule has 1 aliphatic rings. The molecule has 2 aromatic carbocycles. The van der Waals surface area contributed by atoms with Crippen LogP contribution in [-0.2, 0) is 6.61 Å². The van der Waals surface area contributed by atoms with Gasteiger partial charge < -0.3 is 14.8 Å². The first-order valence-electron chi connectivity index (χ1n) is 9.52. The Morgan fingerprint density at radius 1 is 1.20 bits per heavy atom. The largest absolute Gasteiger partial charge is 0.493 e. The highest BCUT2D eigenvalue weighted by atomic mass is 35.5. The van der Waals surface area contributed by atoms with Crippen LogP contribution in [0.1, 0.15) is 28.9 Å². The highest BCUT2D eigenvalue weighted by Crippen LogP contribution is 2.35. The van der Waals surface area contributed by atoms with Crippen LogP contribution in [0.3, 0.4) is 0 Å². The van der Waals surface area contributed by atoms with Gasteiger partial charge in [-0.2, -0.15) is 0 Å². The van der Waals surface area contributed by atoms with E-state index in [1.165, 1.54) is 24.2 Å². The van der Waals surface area contributed by atoms with Crippen LogP contribution in [0.15, 0.2) is 41.8 Å². The monoisotopic (exact) mass is 462 g/mol. The lowest BCUT2D eigenvalue weighted by Gasteiger charge is -2.12. The summed E-state index contributed by atoms with van der Waals surface area (Å²) < 4.78 is 11.4. The summed E-state index contributed by atoms with van der Waals surface area (Å²) in [5, 5.41) is 6.59. The Hall–Kier alpha value is -2.28. The van der Waals surface area contributed by atoms with E-state index >= 15 is 0 Å².